The van der Waals surface area contributed by atoms with Crippen LogP contribution in [0.2, 0.25) is 0 Å². The van der Waals surface area contributed by atoms with Crippen LogP contribution in [0.3, 0.4) is 0 Å². The Kier molecular flexibility index (Phi) is 6.20. The van der Waals surface area contributed by atoms with Crippen molar-refractivity contribution in [2.45, 2.75) is 52.0 Å². The Hall–Kier alpha value is -0.0800. The maximum absolute atomic E-state index is 3.54. The van der Waals surface area contributed by atoms with Gasteiger partial charge in [0.05, 0.1) is 0 Å². The Labute approximate surface area is 89.1 Å². The summed E-state index contributed by atoms with van der Waals surface area (Å²) in [6.07, 6.45) is 6.88. The van der Waals surface area contributed by atoms with Crippen molar-refractivity contribution in [3.63, 3.8) is 0 Å². The second kappa shape index (κ2) is 7.24. The molecule has 2 saturated heterocycles. The van der Waals surface area contributed by atoms with Crippen LogP contribution in [-0.2, 0) is 0 Å². The molecule has 84 valence electrons. The predicted molar refractivity (Wildman–Crippen MR) is 62.7 cm³/mol. The molecule has 2 rings (SSSR count). The van der Waals surface area contributed by atoms with Crippen molar-refractivity contribution in [1.29, 1.82) is 0 Å². The smallest absolute Gasteiger partial charge is 0.0195 e. The number of hydrogen-bond acceptors (Lipinski definition) is 2. The molecular formula is C12H26N2. The van der Waals surface area contributed by atoms with Gasteiger partial charge in [-0.25, -0.2) is 0 Å². The Morgan fingerprint density at radius 3 is 2.29 bits per heavy atom. The van der Waals surface area contributed by atoms with Gasteiger partial charge < -0.3 is 10.2 Å². The molecule has 1 atom stereocenters. The number of likely N-dealkylation sites (tertiary alicyclic amines) is 1. The SMILES string of the molecule is C1CNC(CN2CCCC2)C1.CCC. The highest BCUT2D eigenvalue weighted by atomic mass is 15.2. The molecule has 2 aliphatic heterocycles. The van der Waals surface area contributed by atoms with Crippen LogP contribution in [0, 0.1) is 0 Å². The van der Waals surface area contributed by atoms with Crippen molar-refractivity contribution in [3.05, 3.63) is 0 Å². The van der Waals surface area contributed by atoms with Gasteiger partial charge in [-0.15, -0.1) is 0 Å². The third kappa shape index (κ3) is 4.43. The molecule has 0 aliphatic carbocycles. The van der Waals surface area contributed by atoms with E-state index < -0.39 is 0 Å². The van der Waals surface area contributed by atoms with E-state index in [0.717, 1.165) is 6.04 Å². The zero-order valence-corrected chi connectivity index (χ0v) is 9.89. The summed E-state index contributed by atoms with van der Waals surface area (Å²) < 4.78 is 0. The predicted octanol–water partition coefficient (Wildman–Crippen LogP) is 2.25. The molecule has 0 aromatic heterocycles. The molecule has 0 aromatic rings. The standard InChI is InChI=1S/C9H18N2.C3H8/c1-2-7-11(6-1)8-9-4-3-5-10-9;1-3-2/h9-10H,1-8H2;3H2,1-2H3. The highest BCUT2D eigenvalue weighted by Crippen LogP contribution is 2.11. The summed E-state index contributed by atoms with van der Waals surface area (Å²) in [4.78, 5) is 2.60. The zero-order valence-electron chi connectivity index (χ0n) is 9.89. The minimum atomic E-state index is 0.813. The first-order valence-electron chi connectivity index (χ1n) is 6.32. The zero-order chi connectivity index (χ0) is 10.2. The lowest BCUT2D eigenvalue weighted by atomic mass is 10.2. The van der Waals surface area contributed by atoms with Crippen molar-refractivity contribution in [1.82, 2.24) is 10.2 Å². The number of hydrogen-bond donors (Lipinski definition) is 1. The van der Waals surface area contributed by atoms with E-state index in [-0.39, 0.29) is 0 Å². The first-order chi connectivity index (χ1) is 6.86. The van der Waals surface area contributed by atoms with E-state index in [1.165, 1.54) is 58.3 Å². The van der Waals surface area contributed by atoms with Crippen LogP contribution in [0.4, 0.5) is 0 Å². The summed E-state index contributed by atoms with van der Waals surface area (Å²) in [5.74, 6) is 0. The first kappa shape index (κ1) is 12.0. The number of nitrogens with zero attached hydrogens (tertiary/aromatic N) is 1. The molecule has 1 N–H and O–H groups in total. The van der Waals surface area contributed by atoms with E-state index in [1.807, 2.05) is 0 Å². The second-order valence-electron chi connectivity index (χ2n) is 4.51. The fourth-order valence-corrected chi connectivity index (χ4v) is 2.19. The first-order valence-corrected chi connectivity index (χ1v) is 6.32. The van der Waals surface area contributed by atoms with Crippen LogP contribution >= 0.6 is 0 Å². The van der Waals surface area contributed by atoms with Crippen LogP contribution in [0.15, 0.2) is 0 Å². The maximum atomic E-state index is 3.54. The van der Waals surface area contributed by atoms with E-state index in [1.54, 1.807) is 0 Å². The Balaban J connectivity index is 0.000000293. The van der Waals surface area contributed by atoms with E-state index in [0.29, 0.717) is 0 Å². The van der Waals surface area contributed by atoms with E-state index in [2.05, 4.69) is 24.1 Å². The molecule has 14 heavy (non-hydrogen) atoms. The molecular weight excluding hydrogens is 172 g/mol. The molecule has 0 spiro atoms. The summed E-state index contributed by atoms with van der Waals surface area (Å²) in [6, 6.07) is 0.813. The second-order valence-corrected chi connectivity index (χ2v) is 4.51. The van der Waals surface area contributed by atoms with Crippen molar-refractivity contribution in [2.75, 3.05) is 26.2 Å². The van der Waals surface area contributed by atoms with E-state index >= 15 is 0 Å². The van der Waals surface area contributed by atoms with E-state index in [9.17, 15) is 0 Å². The molecule has 0 amide bonds. The molecule has 2 heterocycles. The van der Waals surface area contributed by atoms with Gasteiger partial charge in [0.2, 0.25) is 0 Å². The molecule has 0 aromatic carbocycles. The fourth-order valence-electron chi connectivity index (χ4n) is 2.19. The molecule has 2 heteroatoms. The topological polar surface area (TPSA) is 15.3 Å². The Morgan fingerprint density at radius 1 is 1.14 bits per heavy atom. The summed E-state index contributed by atoms with van der Waals surface area (Å²) in [7, 11) is 0. The quantitative estimate of drug-likeness (QED) is 0.732. The fraction of sp³-hybridized carbons (Fsp3) is 1.00. The summed E-state index contributed by atoms with van der Waals surface area (Å²) in [6.45, 7) is 9.49. The highest BCUT2D eigenvalue weighted by molar-refractivity contribution is 4.79. The highest BCUT2D eigenvalue weighted by Gasteiger charge is 2.19. The van der Waals surface area contributed by atoms with Crippen molar-refractivity contribution >= 4 is 0 Å². The lowest BCUT2D eigenvalue weighted by molar-refractivity contribution is 0.303. The Bertz CT molecular complexity index is 110. The third-order valence-corrected chi connectivity index (χ3v) is 2.84. The van der Waals surface area contributed by atoms with Crippen LogP contribution in [0.5, 0.6) is 0 Å². The van der Waals surface area contributed by atoms with Crippen LogP contribution in [0.25, 0.3) is 0 Å². The molecule has 2 fully saturated rings. The van der Waals surface area contributed by atoms with Crippen molar-refractivity contribution in [3.8, 4) is 0 Å². The van der Waals surface area contributed by atoms with Gasteiger partial charge in [0.1, 0.15) is 0 Å². The van der Waals surface area contributed by atoms with Gasteiger partial charge in [-0.1, -0.05) is 20.3 Å². The third-order valence-electron chi connectivity index (χ3n) is 2.84. The number of nitrogens with one attached hydrogen (secondary N) is 1. The minimum absolute atomic E-state index is 0.813. The Morgan fingerprint density at radius 2 is 1.79 bits per heavy atom. The molecule has 2 nitrogen and oxygen atoms in total. The average Bonchev–Trinajstić information content (AvgIpc) is 2.79. The summed E-state index contributed by atoms with van der Waals surface area (Å²) in [5, 5.41) is 3.54. The summed E-state index contributed by atoms with van der Waals surface area (Å²) in [5.41, 5.74) is 0. The van der Waals surface area contributed by atoms with Crippen LogP contribution < -0.4 is 5.32 Å². The summed E-state index contributed by atoms with van der Waals surface area (Å²) >= 11 is 0. The maximum Gasteiger partial charge on any atom is 0.0195 e. The molecule has 0 bridgehead atoms. The minimum Gasteiger partial charge on any atom is -0.313 e. The van der Waals surface area contributed by atoms with Gasteiger partial charge in [-0.3, -0.25) is 0 Å². The molecule has 0 radical (unpaired) electrons. The van der Waals surface area contributed by atoms with E-state index in [4.69, 9.17) is 0 Å². The largest absolute Gasteiger partial charge is 0.313 e. The average molecular weight is 198 g/mol. The van der Waals surface area contributed by atoms with Gasteiger partial charge >= 0.3 is 0 Å². The van der Waals surface area contributed by atoms with Gasteiger partial charge in [0, 0.05) is 12.6 Å². The normalized spacial score (nSPS) is 27.4. The lowest BCUT2D eigenvalue weighted by Gasteiger charge is -2.19. The van der Waals surface area contributed by atoms with Crippen molar-refractivity contribution in [2.24, 2.45) is 0 Å². The van der Waals surface area contributed by atoms with Gasteiger partial charge in [0.25, 0.3) is 0 Å². The molecule has 0 saturated carbocycles. The van der Waals surface area contributed by atoms with Crippen LogP contribution in [0.1, 0.15) is 46.0 Å². The van der Waals surface area contributed by atoms with Gasteiger partial charge in [0.15, 0.2) is 0 Å². The van der Waals surface area contributed by atoms with Gasteiger partial charge in [-0.05, 0) is 45.3 Å². The lowest BCUT2D eigenvalue weighted by Crippen LogP contribution is -2.35. The number of rotatable bonds is 2. The molecule has 2 aliphatic rings. The van der Waals surface area contributed by atoms with Crippen LogP contribution in [-0.4, -0.2) is 37.1 Å². The molecule has 1 unspecified atom stereocenters. The van der Waals surface area contributed by atoms with Gasteiger partial charge in [-0.2, -0.15) is 0 Å². The van der Waals surface area contributed by atoms with Crippen molar-refractivity contribution < 1.29 is 0 Å². The monoisotopic (exact) mass is 198 g/mol.